The van der Waals surface area contributed by atoms with Crippen molar-refractivity contribution in [1.29, 1.82) is 0 Å². The van der Waals surface area contributed by atoms with E-state index in [-0.39, 0.29) is 5.75 Å². The summed E-state index contributed by atoms with van der Waals surface area (Å²) in [5, 5.41) is 0.393. The zero-order valence-electron chi connectivity index (χ0n) is 14.7. The zero-order chi connectivity index (χ0) is 19.3. The molecule has 2 N–H and O–H groups in total. The van der Waals surface area contributed by atoms with E-state index in [1.54, 1.807) is 31.2 Å². The summed E-state index contributed by atoms with van der Waals surface area (Å²) in [4.78, 5) is 11.9. The molecule has 0 aliphatic heterocycles. The summed E-state index contributed by atoms with van der Waals surface area (Å²) in [6.45, 7) is 3.18. The lowest BCUT2D eigenvalue weighted by molar-refractivity contribution is -0.154. The van der Waals surface area contributed by atoms with E-state index in [0.29, 0.717) is 16.3 Å². The van der Waals surface area contributed by atoms with Crippen molar-refractivity contribution in [3.8, 4) is 11.5 Å². The third-order valence-corrected chi connectivity index (χ3v) is 4.01. The molecule has 5 nitrogen and oxygen atoms in total. The summed E-state index contributed by atoms with van der Waals surface area (Å²) in [7, 11) is 1.42. The summed E-state index contributed by atoms with van der Waals surface area (Å²) in [6.07, 6.45) is -1.52. The molecule has 0 unspecified atom stereocenters. The van der Waals surface area contributed by atoms with Crippen molar-refractivity contribution in [3.63, 3.8) is 0 Å². The van der Waals surface area contributed by atoms with Gasteiger partial charge in [0.2, 0.25) is 0 Å². The van der Waals surface area contributed by atoms with Gasteiger partial charge in [0.05, 0.1) is 12.1 Å². The SMILES string of the molecule is COc1cc(F)ccc1[C@@H](Oc1ccccc1Cl)[C@H](C)OC(=O)[C@H](C)N. The second-order valence-electron chi connectivity index (χ2n) is 5.79. The normalized spacial score (nSPS) is 14.2. The number of carbonyl (C=O) groups is 1. The maximum absolute atomic E-state index is 13.6. The highest BCUT2D eigenvalue weighted by Crippen LogP contribution is 2.35. The van der Waals surface area contributed by atoms with E-state index in [2.05, 4.69) is 0 Å². The molecule has 0 amide bonds. The van der Waals surface area contributed by atoms with E-state index in [1.165, 1.54) is 32.2 Å². The quantitative estimate of drug-likeness (QED) is 0.737. The van der Waals surface area contributed by atoms with E-state index in [9.17, 15) is 9.18 Å². The van der Waals surface area contributed by atoms with Crippen molar-refractivity contribution in [2.75, 3.05) is 7.11 Å². The van der Waals surface area contributed by atoms with E-state index in [4.69, 9.17) is 31.5 Å². The lowest BCUT2D eigenvalue weighted by Gasteiger charge is -2.27. The van der Waals surface area contributed by atoms with Crippen molar-refractivity contribution in [2.24, 2.45) is 5.73 Å². The van der Waals surface area contributed by atoms with Crippen molar-refractivity contribution in [2.45, 2.75) is 32.1 Å². The molecule has 2 rings (SSSR count). The van der Waals surface area contributed by atoms with Crippen LogP contribution in [-0.4, -0.2) is 25.2 Å². The van der Waals surface area contributed by atoms with Crippen LogP contribution >= 0.6 is 11.6 Å². The molecule has 0 spiro atoms. The summed E-state index contributed by atoms with van der Waals surface area (Å²) < 4.78 is 30.2. The molecule has 0 saturated carbocycles. The second kappa shape index (κ2) is 8.87. The summed E-state index contributed by atoms with van der Waals surface area (Å²) in [5.41, 5.74) is 6.08. The topological polar surface area (TPSA) is 70.8 Å². The molecule has 0 radical (unpaired) electrons. The first-order valence-electron chi connectivity index (χ1n) is 8.04. The number of carbonyl (C=O) groups excluding carboxylic acids is 1. The molecule has 0 saturated heterocycles. The lowest BCUT2D eigenvalue weighted by atomic mass is 10.0. The van der Waals surface area contributed by atoms with Crippen LogP contribution in [0.5, 0.6) is 11.5 Å². The largest absolute Gasteiger partial charge is 0.496 e. The van der Waals surface area contributed by atoms with Gasteiger partial charge < -0.3 is 19.9 Å². The molecular formula is C19H21ClFNO4. The highest BCUT2D eigenvalue weighted by molar-refractivity contribution is 6.32. The summed E-state index contributed by atoms with van der Waals surface area (Å²) in [6, 6.07) is 10.1. The minimum atomic E-state index is -0.784. The first-order chi connectivity index (χ1) is 12.3. The number of hydrogen-bond donors (Lipinski definition) is 1. The molecule has 0 aliphatic rings. The van der Waals surface area contributed by atoms with Crippen LogP contribution in [0.25, 0.3) is 0 Å². The maximum atomic E-state index is 13.6. The molecule has 3 atom stereocenters. The van der Waals surface area contributed by atoms with Crippen LogP contribution in [0, 0.1) is 5.82 Å². The van der Waals surface area contributed by atoms with Gasteiger partial charge in [-0.25, -0.2) is 4.39 Å². The summed E-state index contributed by atoms with van der Waals surface area (Å²) in [5.74, 6) is -0.367. The molecule has 0 aliphatic carbocycles. The number of rotatable bonds is 7. The predicted molar refractivity (Wildman–Crippen MR) is 97.0 cm³/mol. The number of nitrogens with two attached hydrogens (primary N) is 1. The van der Waals surface area contributed by atoms with Gasteiger partial charge in [0.15, 0.2) is 6.10 Å². The number of methoxy groups -OCH3 is 1. The molecule has 0 fully saturated rings. The van der Waals surface area contributed by atoms with Crippen LogP contribution in [0.3, 0.4) is 0 Å². The number of benzene rings is 2. The Morgan fingerprint density at radius 2 is 1.85 bits per heavy atom. The molecule has 7 heteroatoms. The Morgan fingerprint density at radius 1 is 1.15 bits per heavy atom. The van der Waals surface area contributed by atoms with Gasteiger partial charge in [0.25, 0.3) is 0 Å². The smallest absolute Gasteiger partial charge is 0.323 e. The minimum Gasteiger partial charge on any atom is -0.496 e. The van der Waals surface area contributed by atoms with Crippen LogP contribution in [0.15, 0.2) is 42.5 Å². The average molecular weight is 382 g/mol. The minimum absolute atomic E-state index is 0.269. The van der Waals surface area contributed by atoms with Gasteiger partial charge in [-0.3, -0.25) is 4.79 Å². The third-order valence-electron chi connectivity index (χ3n) is 3.69. The monoisotopic (exact) mass is 381 g/mol. The van der Waals surface area contributed by atoms with Gasteiger partial charge >= 0.3 is 5.97 Å². The number of esters is 1. The van der Waals surface area contributed by atoms with Gasteiger partial charge in [-0.1, -0.05) is 23.7 Å². The molecule has 0 bridgehead atoms. The van der Waals surface area contributed by atoms with Gasteiger partial charge in [-0.2, -0.15) is 0 Å². The summed E-state index contributed by atoms with van der Waals surface area (Å²) >= 11 is 6.17. The Hall–Kier alpha value is -2.31. The molecular weight excluding hydrogens is 361 g/mol. The molecule has 140 valence electrons. The first kappa shape index (κ1) is 20.0. The van der Waals surface area contributed by atoms with Crippen LogP contribution in [0.2, 0.25) is 5.02 Å². The Kier molecular flexibility index (Phi) is 6.83. The van der Waals surface area contributed by atoms with E-state index in [1.807, 2.05) is 0 Å². The Bertz CT molecular complexity index is 769. The highest BCUT2D eigenvalue weighted by Gasteiger charge is 2.29. The number of ether oxygens (including phenoxy) is 3. The van der Waals surface area contributed by atoms with Crippen LogP contribution in [0.1, 0.15) is 25.5 Å². The Balaban J connectivity index is 2.41. The first-order valence-corrected chi connectivity index (χ1v) is 8.42. The van der Waals surface area contributed by atoms with Crippen molar-refractivity contribution in [1.82, 2.24) is 0 Å². The molecule has 0 heterocycles. The molecule has 26 heavy (non-hydrogen) atoms. The van der Waals surface area contributed by atoms with Crippen LogP contribution < -0.4 is 15.2 Å². The van der Waals surface area contributed by atoms with Gasteiger partial charge in [0.1, 0.15) is 29.5 Å². The molecule has 2 aromatic rings. The van der Waals surface area contributed by atoms with Crippen LogP contribution in [-0.2, 0) is 9.53 Å². The standard InChI is InChI=1S/C19H21ClFNO4/c1-11(22)19(23)25-12(2)18(26-16-7-5-4-6-15(16)20)14-9-8-13(21)10-17(14)24-3/h4-12,18H,22H2,1-3H3/t11-,12-,18-/m0/s1. The Morgan fingerprint density at radius 3 is 2.46 bits per heavy atom. The van der Waals surface area contributed by atoms with E-state index >= 15 is 0 Å². The van der Waals surface area contributed by atoms with Crippen LogP contribution in [0.4, 0.5) is 4.39 Å². The number of halogens is 2. The molecule has 0 aromatic heterocycles. The van der Waals surface area contributed by atoms with Crippen molar-refractivity contribution < 1.29 is 23.4 Å². The second-order valence-corrected chi connectivity index (χ2v) is 6.19. The highest BCUT2D eigenvalue weighted by atomic mass is 35.5. The number of para-hydroxylation sites is 1. The fourth-order valence-corrected chi connectivity index (χ4v) is 2.54. The third kappa shape index (κ3) is 4.86. The fourth-order valence-electron chi connectivity index (χ4n) is 2.36. The van der Waals surface area contributed by atoms with E-state index < -0.39 is 30.0 Å². The predicted octanol–water partition coefficient (Wildman–Crippen LogP) is 3.89. The van der Waals surface area contributed by atoms with Crippen molar-refractivity contribution in [3.05, 3.63) is 58.9 Å². The molecule has 2 aromatic carbocycles. The zero-order valence-corrected chi connectivity index (χ0v) is 15.5. The van der Waals surface area contributed by atoms with Gasteiger partial charge in [0, 0.05) is 11.6 Å². The van der Waals surface area contributed by atoms with Crippen molar-refractivity contribution >= 4 is 17.6 Å². The maximum Gasteiger partial charge on any atom is 0.323 e. The van der Waals surface area contributed by atoms with Gasteiger partial charge in [-0.05, 0) is 38.1 Å². The Labute approximate surface area is 156 Å². The van der Waals surface area contributed by atoms with E-state index in [0.717, 1.165) is 0 Å². The number of hydrogen-bond acceptors (Lipinski definition) is 5. The lowest BCUT2D eigenvalue weighted by Crippen LogP contribution is -2.35. The average Bonchev–Trinajstić information content (AvgIpc) is 2.61. The van der Waals surface area contributed by atoms with Gasteiger partial charge in [-0.15, -0.1) is 0 Å². The fraction of sp³-hybridized carbons (Fsp3) is 0.316.